The largest absolute Gasteiger partial charge is 0.391 e. The Hall–Kier alpha value is -1.83. The Kier molecular flexibility index (Phi) is 3.71. The first-order valence-electron chi connectivity index (χ1n) is 6.39. The van der Waals surface area contributed by atoms with Crippen LogP contribution in [0.2, 0.25) is 0 Å². The number of pyridine rings is 1. The molecule has 0 spiro atoms. The minimum Gasteiger partial charge on any atom is -0.391 e. The lowest BCUT2D eigenvalue weighted by molar-refractivity contribution is 0.146. The van der Waals surface area contributed by atoms with Crippen molar-refractivity contribution >= 4 is 26.8 Å². The van der Waals surface area contributed by atoms with E-state index in [1.54, 1.807) is 6.92 Å². The molecule has 21 heavy (non-hydrogen) atoms. The van der Waals surface area contributed by atoms with E-state index in [0.29, 0.717) is 11.5 Å². The molecule has 6 nitrogen and oxygen atoms in total. The van der Waals surface area contributed by atoms with Gasteiger partial charge >= 0.3 is 0 Å². The summed E-state index contributed by atoms with van der Waals surface area (Å²) in [4.78, 5) is 8.74. The van der Waals surface area contributed by atoms with E-state index in [2.05, 4.69) is 31.1 Å². The van der Waals surface area contributed by atoms with E-state index in [-0.39, 0.29) is 5.89 Å². The number of aromatic nitrogens is 3. The van der Waals surface area contributed by atoms with Crippen LogP contribution in [0.25, 0.3) is 22.4 Å². The van der Waals surface area contributed by atoms with Crippen molar-refractivity contribution < 1.29 is 9.63 Å². The Morgan fingerprint density at radius 3 is 2.81 bits per heavy atom. The highest BCUT2D eigenvalue weighted by Crippen LogP contribution is 2.28. The van der Waals surface area contributed by atoms with Gasteiger partial charge in [-0.2, -0.15) is 4.98 Å². The molecule has 108 valence electrons. The van der Waals surface area contributed by atoms with E-state index in [1.807, 2.05) is 30.3 Å². The molecule has 7 heteroatoms. The maximum absolute atomic E-state index is 9.47. The summed E-state index contributed by atoms with van der Waals surface area (Å²) >= 11 is 3.46. The molecule has 0 unspecified atom stereocenters. The Morgan fingerprint density at radius 1 is 1.29 bits per heavy atom. The lowest BCUT2D eigenvalue weighted by Gasteiger charge is -2.08. The Labute approximate surface area is 129 Å². The van der Waals surface area contributed by atoms with Crippen LogP contribution in [0.4, 0.5) is 0 Å². The summed E-state index contributed by atoms with van der Waals surface area (Å²) in [5, 5.41) is 14.4. The minimum atomic E-state index is -0.772. The van der Waals surface area contributed by atoms with E-state index < -0.39 is 12.1 Å². The van der Waals surface area contributed by atoms with Crippen molar-refractivity contribution in [3.8, 4) is 11.5 Å². The molecule has 0 radical (unpaired) electrons. The number of para-hydroxylation sites is 1. The Bertz CT molecular complexity index is 787. The molecular formula is C14H13BrN4O2. The summed E-state index contributed by atoms with van der Waals surface area (Å²) in [6.07, 6.45) is -0.772. The molecule has 3 N–H and O–H groups in total. The zero-order valence-corrected chi connectivity index (χ0v) is 12.8. The van der Waals surface area contributed by atoms with E-state index >= 15 is 0 Å². The molecule has 0 bridgehead atoms. The lowest BCUT2D eigenvalue weighted by atomic mass is 10.2. The molecule has 0 aliphatic heterocycles. The van der Waals surface area contributed by atoms with Gasteiger partial charge in [0.15, 0.2) is 0 Å². The van der Waals surface area contributed by atoms with E-state index in [1.165, 1.54) is 0 Å². The minimum absolute atomic E-state index is 0.182. The fourth-order valence-corrected chi connectivity index (χ4v) is 2.43. The molecule has 2 atom stereocenters. The summed E-state index contributed by atoms with van der Waals surface area (Å²) in [7, 11) is 0. The van der Waals surface area contributed by atoms with Crippen LogP contribution in [0.15, 0.2) is 39.3 Å². The van der Waals surface area contributed by atoms with Gasteiger partial charge < -0.3 is 15.4 Å². The van der Waals surface area contributed by atoms with Crippen molar-refractivity contribution in [2.45, 2.75) is 19.1 Å². The Balaban J connectivity index is 2.06. The molecule has 3 rings (SSSR count). The highest BCUT2D eigenvalue weighted by Gasteiger charge is 2.21. The molecule has 2 heterocycles. The number of nitrogens with two attached hydrogens (primary N) is 1. The van der Waals surface area contributed by atoms with Gasteiger partial charge in [-0.15, -0.1) is 0 Å². The molecule has 3 aromatic rings. The van der Waals surface area contributed by atoms with Gasteiger partial charge in [0.1, 0.15) is 11.7 Å². The van der Waals surface area contributed by atoms with Crippen molar-refractivity contribution in [1.82, 2.24) is 15.1 Å². The van der Waals surface area contributed by atoms with Crippen molar-refractivity contribution in [3.63, 3.8) is 0 Å². The Morgan fingerprint density at radius 2 is 2.05 bits per heavy atom. The highest BCUT2D eigenvalue weighted by molar-refractivity contribution is 9.10. The second-order valence-corrected chi connectivity index (χ2v) is 5.59. The van der Waals surface area contributed by atoms with Gasteiger partial charge in [0.05, 0.1) is 11.6 Å². The third-order valence-electron chi connectivity index (χ3n) is 3.14. The van der Waals surface area contributed by atoms with E-state index in [0.717, 1.165) is 15.4 Å². The van der Waals surface area contributed by atoms with Crippen molar-refractivity contribution in [3.05, 3.63) is 40.7 Å². The average Bonchev–Trinajstić information content (AvgIpc) is 2.95. The summed E-state index contributed by atoms with van der Waals surface area (Å²) in [5.41, 5.74) is 7.19. The first kappa shape index (κ1) is 14.1. The lowest BCUT2D eigenvalue weighted by Crippen LogP contribution is -2.23. The van der Waals surface area contributed by atoms with Crippen LogP contribution in [-0.4, -0.2) is 26.3 Å². The van der Waals surface area contributed by atoms with Crippen molar-refractivity contribution in [2.75, 3.05) is 0 Å². The van der Waals surface area contributed by atoms with Crippen LogP contribution < -0.4 is 5.73 Å². The highest BCUT2D eigenvalue weighted by atomic mass is 79.9. The summed E-state index contributed by atoms with van der Waals surface area (Å²) in [6, 6.07) is 8.98. The van der Waals surface area contributed by atoms with Crippen LogP contribution in [0, 0.1) is 0 Å². The summed E-state index contributed by atoms with van der Waals surface area (Å²) in [5.74, 6) is 0.514. The van der Waals surface area contributed by atoms with Gasteiger partial charge in [0, 0.05) is 9.86 Å². The standard InChI is InChI=1S/C14H13BrN4O2/c1-7(20)11(16)14-18-13(19-21-14)12-9(15)6-8-4-2-3-5-10(8)17-12/h2-7,11,20H,16H2,1H3/t7-,11+/m1/s1. The number of rotatable bonds is 3. The van der Waals surface area contributed by atoms with Crippen molar-refractivity contribution in [1.29, 1.82) is 0 Å². The van der Waals surface area contributed by atoms with Gasteiger partial charge in [-0.3, -0.25) is 0 Å². The number of hydrogen-bond donors (Lipinski definition) is 2. The molecule has 0 amide bonds. The molecule has 0 aliphatic rings. The second-order valence-electron chi connectivity index (χ2n) is 4.73. The first-order chi connectivity index (χ1) is 10.1. The average molecular weight is 349 g/mol. The fourth-order valence-electron chi connectivity index (χ4n) is 1.92. The molecule has 1 aromatic carbocycles. The predicted octanol–water partition coefficient (Wildman–Crippen LogP) is 2.43. The monoisotopic (exact) mass is 348 g/mol. The number of fused-ring (bicyclic) bond motifs is 1. The first-order valence-corrected chi connectivity index (χ1v) is 7.18. The van der Waals surface area contributed by atoms with Gasteiger partial charge in [0.25, 0.3) is 0 Å². The molecule has 2 aromatic heterocycles. The second kappa shape index (κ2) is 5.51. The van der Waals surface area contributed by atoms with Gasteiger partial charge in [-0.25, -0.2) is 4.98 Å². The predicted molar refractivity (Wildman–Crippen MR) is 81.3 cm³/mol. The zero-order valence-electron chi connectivity index (χ0n) is 11.2. The zero-order chi connectivity index (χ0) is 15.0. The summed E-state index contributed by atoms with van der Waals surface area (Å²) in [6.45, 7) is 1.57. The van der Waals surface area contributed by atoms with E-state index in [9.17, 15) is 5.11 Å². The van der Waals surface area contributed by atoms with Gasteiger partial charge in [0.2, 0.25) is 11.7 Å². The number of halogens is 1. The van der Waals surface area contributed by atoms with Crippen LogP contribution in [0.3, 0.4) is 0 Å². The molecule has 0 saturated heterocycles. The van der Waals surface area contributed by atoms with Gasteiger partial charge in [-0.1, -0.05) is 23.4 Å². The quantitative estimate of drug-likeness (QED) is 0.754. The van der Waals surface area contributed by atoms with Gasteiger partial charge in [-0.05, 0) is 35.0 Å². The maximum Gasteiger partial charge on any atom is 0.246 e. The number of nitrogens with zero attached hydrogens (tertiary/aromatic N) is 3. The third-order valence-corrected chi connectivity index (χ3v) is 3.74. The smallest absolute Gasteiger partial charge is 0.246 e. The molecular weight excluding hydrogens is 336 g/mol. The number of benzene rings is 1. The molecule has 0 saturated carbocycles. The number of hydrogen-bond acceptors (Lipinski definition) is 6. The van der Waals surface area contributed by atoms with Crippen LogP contribution >= 0.6 is 15.9 Å². The number of aliphatic hydroxyl groups is 1. The number of aliphatic hydroxyl groups excluding tert-OH is 1. The molecule has 0 fully saturated rings. The maximum atomic E-state index is 9.47. The van der Waals surface area contributed by atoms with Crippen LogP contribution in [-0.2, 0) is 0 Å². The SMILES string of the molecule is C[C@@H](O)[C@H](N)c1nc(-c2nc3ccccc3cc2Br)no1. The van der Waals surface area contributed by atoms with E-state index in [4.69, 9.17) is 10.3 Å². The third kappa shape index (κ3) is 2.67. The normalized spacial score (nSPS) is 14.3. The fraction of sp³-hybridized carbons (Fsp3) is 0.214. The summed E-state index contributed by atoms with van der Waals surface area (Å²) < 4.78 is 5.87. The van der Waals surface area contributed by atoms with Crippen LogP contribution in [0.5, 0.6) is 0 Å². The van der Waals surface area contributed by atoms with Crippen LogP contribution in [0.1, 0.15) is 18.9 Å². The molecule has 0 aliphatic carbocycles. The van der Waals surface area contributed by atoms with Crippen molar-refractivity contribution in [2.24, 2.45) is 5.73 Å². The topological polar surface area (TPSA) is 98.1 Å².